The number of aryl methyl sites for hydroxylation is 3. The van der Waals surface area contributed by atoms with Crippen molar-refractivity contribution in [1.29, 1.82) is 0 Å². The number of anilines is 3. The summed E-state index contributed by atoms with van der Waals surface area (Å²) in [6, 6.07) is 33.3. The Morgan fingerprint density at radius 1 is 0.826 bits per heavy atom. The van der Waals surface area contributed by atoms with Crippen LogP contribution in [0.3, 0.4) is 0 Å². The number of aromatic hydroxyl groups is 1. The number of fused-ring (bicyclic) bond motifs is 3. The van der Waals surface area contributed by atoms with Gasteiger partial charge in [-0.1, -0.05) is 87.4 Å². The predicted molar refractivity (Wildman–Crippen MR) is 186 cm³/mol. The van der Waals surface area contributed by atoms with Gasteiger partial charge in [0.05, 0.1) is 0 Å². The molecular weight excluding hydrogens is 746 g/mol. The second kappa shape index (κ2) is 11.8. The summed E-state index contributed by atoms with van der Waals surface area (Å²) in [7, 11) is 0. The second-order valence-electron chi connectivity index (χ2n) is 13.2. The van der Waals surface area contributed by atoms with Crippen LogP contribution in [0.25, 0.3) is 33.3 Å². The Morgan fingerprint density at radius 2 is 1.57 bits per heavy atom. The number of rotatable bonds is 4. The van der Waals surface area contributed by atoms with E-state index in [2.05, 4.69) is 126 Å². The molecule has 1 aliphatic rings. The van der Waals surface area contributed by atoms with Crippen molar-refractivity contribution in [3.8, 4) is 28.1 Å². The first-order chi connectivity index (χ1) is 21.5. The third-order valence-electron chi connectivity index (χ3n) is 9.35. The van der Waals surface area contributed by atoms with Gasteiger partial charge in [-0.15, -0.1) is 23.8 Å². The summed E-state index contributed by atoms with van der Waals surface area (Å²) in [5.41, 5.74) is 13.8. The van der Waals surface area contributed by atoms with Crippen LogP contribution >= 0.6 is 0 Å². The molecule has 7 rings (SSSR count). The van der Waals surface area contributed by atoms with Gasteiger partial charge in [-0.2, -0.15) is 0 Å². The Balaban J connectivity index is 0.00000372. The van der Waals surface area contributed by atoms with Crippen molar-refractivity contribution >= 4 is 28.1 Å². The third kappa shape index (κ3) is 5.13. The van der Waals surface area contributed by atoms with Gasteiger partial charge in [-0.05, 0) is 101 Å². The first-order valence-electron chi connectivity index (χ1n) is 15.7. The maximum absolute atomic E-state index is 10.8. The molecule has 5 heteroatoms. The molecule has 0 amide bonds. The fraction of sp³-hybridized carbons (Fsp3) is 0.220. The molecule has 1 N–H and O–H groups in total. The number of phenols is 1. The minimum Gasteiger partial charge on any atom is -0.506 e. The molecule has 0 atom stereocenters. The van der Waals surface area contributed by atoms with Gasteiger partial charge in [-0.25, -0.2) is 4.98 Å². The Hall–Kier alpha value is -4.27. The summed E-state index contributed by atoms with van der Waals surface area (Å²) in [5, 5.41) is 11.8. The minimum atomic E-state index is -0.250. The zero-order valence-corrected chi connectivity index (χ0v) is 29.6. The molecule has 0 unspecified atom stereocenters. The average molecular weight is 784 g/mol. The maximum atomic E-state index is 10.8. The van der Waals surface area contributed by atoms with Crippen molar-refractivity contribution in [2.75, 3.05) is 4.90 Å². The molecule has 0 aliphatic carbocycles. The molecule has 234 valence electrons. The van der Waals surface area contributed by atoms with Crippen molar-refractivity contribution in [3.05, 3.63) is 131 Å². The van der Waals surface area contributed by atoms with Crippen molar-refractivity contribution in [3.63, 3.8) is 0 Å². The summed E-state index contributed by atoms with van der Waals surface area (Å²) in [5.74, 6) is 1.35. The van der Waals surface area contributed by atoms with Crippen LogP contribution in [0.5, 0.6) is 5.75 Å². The molecule has 6 aromatic rings. The van der Waals surface area contributed by atoms with Gasteiger partial charge >= 0.3 is 0 Å². The zero-order valence-electron chi connectivity index (χ0n) is 27.3. The molecule has 0 saturated carbocycles. The molecule has 46 heavy (non-hydrogen) atoms. The summed E-state index contributed by atoms with van der Waals surface area (Å²) in [6.07, 6.45) is 1.91. The molecule has 0 radical (unpaired) electrons. The van der Waals surface area contributed by atoms with E-state index < -0.39 is 0 Å². The second-order valence-corrected chi connectivity index (χ2v) is 13.2. The van der Waals surface area contributed by atoms with Gasteiger partial charge in [0, 0.05) is 38.3 Å². The number of hydrogen-bond donors (Lipinski definition) is 1. The van der Waals surface area contributed by atoms with Crippen LogP contribution < -0.4 is 4.90 Å². The third-order valence-corrected chi connectivity index (χ3v) is 9.35. The van der Waals surface area contributed by atoms with Crippen LogP contribution in [0.1, 0.15) is 67.0 Å². The van der Waals surface area contributed by atoms with E-state index in [0.29, 0.717) is 11.4 Å². The molecule has 2 aromatic heterocycles. The minimum absolute atomic E-state index is 0. The quantitative estimate of drug-likeness (QED) is 0.181. The molecule has 0 spiro atoms. The number of phenolic OH excluding ortho intramolecular Hbond substituents is 1. The largest absolute Gasteiger partial charge is 0.506 e. The maximum Gasteiger partial charge on any atom is 0.140 e. The molecule has 4 nitrogen and oxygen atoms in total. The van der Waals surface area contributed by atoms with Crippen LogP contribution in [0.15, 0.2) is 91.1 Å². The number of aromatic nitrogens is 2. The van der Waals surface area contributed by atoms with Crippen molar-refractivity contribution in [2.24, 2.45) is 0 Å². The van der Waals surface area contributed by atoms with E-state index in [4.69, 9.17) is 9.97 Å². The number of pyridine rings is 2. The van der Waals surface area contributed by atoms with Gasteiger partial charge in [0.25, 0.3) is 0 Å². The van der Waals surface area contributed by atoms with Gasteiger partial charge in [0.15, 0.2) is 0 Å². The van der Waals surface area contributed by atoms with E-state index in [1.54, 1.807) is 6.07 Å². The first kappa shape index (κ1) is 31.7. The normalized spacial score (nSPS) is 13.3. The number of hydrogen-bond acceptors (Lipinski definition) is 4. The van der Waals surface area contributed by atoms with Crippen LogP contribution in [-0.4, -0.2) is 15.1 Å². The van der Waals surface area contributed by atoms with E-state index >= 15 is 0 Å². The Labute approximate surface area is 286 Å². The fourth-order valence-electron chi connectivity index (χ4n) is 7.22. The van der Waals surface area contributed by atoms with E-state index in [0.717, 1.165) is 39.4 Å². The predicted octanol–water partition coefficient (Wildman–Crippen LogP) is 10.6. The van der Waals surface area contributed by atoms with Gasteiger partial charge in [0.2, 0.25) is 0 Å². The van der Waals surface area contributed by atoms with E-state index in [9.17, 15) is 5.11 Å². The van der Waals surface area contributed by atoms with E-state index in [-0.39, 0.29) is 32.2 Å². The molecule has 3 heterocycles. The van der Waals surface area contributed by atoms with E-state index in [1.807, 2.05) is 18.3 Å². The van der Waals surface area contributed by atoms with Crippen LogP contribution in [-0.2, 0) is 26.5 Å². The number of benzene rings is 4. The Bertz CT molecular complexity index is 2110. The standard InChI is InChI=1S/C41H38N3O.Pt/c1-24(2)30-14-17-37(45)40-31(30)13-16-34(43-40)28-12-15-33-36(22-28)44(35-11-9-8-10-32(35)41(33,6)7)38-23-29(18-19-42-38)39-26(4)20-25(3)21-27(39)5;/h8-21,23-24,45H,1-7H3;/q-1;. The number of nitrogens with zero attached hydrogens (tertiary/aromatic N) is 3. The monoisotopic (exact) mass is 783 g/mol. The first-order valence-corrected chi connectivity index (χ1v) is 15.7. The summed E-state index contributed by atoms with van der Waals surface area (Å²) in [4.78, 5) is 12.2. The molecule has 0 fully saturated rings. The molecule has 4 aromatic carbocycles. The van der Waals surface area contributed by atoms with Gasteiger partial charge in [-0.3, -0.25) is 4.98 Å². The van der Waals surface area contributed by atoms with Crippen molar-refractivity contribution in [1.82, 2.24) is 9.97 Å². The van der Waals surface area contributed by atoms with Crippen LogP contribution in [0, 0.1) is 26.8 Å². The van der Waals surface area contributed by atoms with Crippen LogP contribution in [0.2, 0.25) is 0 Å². The molecule has 0 saturated heterocycles. The molecular formula is C41H38N3OPt-. The zero-order chi connectivity index (χ0) is 31.6. The van der Waals surface area contributed by atoms with Crippen LogP contribution in [0.4, 0.5) is 17.2 Å². The summed E-state index contributed by atoms with van der Waals surface area (Å²) >= 11 is 0. The Morgan fingerprint density at radius 3 is 2.30 bits per heavy atom. The SMILES string of the molecule is Cc1cc(C)c(-c2ccnc(N3c4[c-]c(-c5ccc6c(C(C)C)ccc(O)c6n5)ccc4C(C)(C)c4ccccc43)c2)c(C)c1.[Pt]. The summed E-state index contributed by atoms with van der Waals surface area (Å²) < 4.78 is 0. The fourth-order valence-corrected chi connectivity index (χ4v) is 7.22. The average Bonchev–Trinajstić information content (AvgIpc) is 3.01. The van der Waals surface area contributed by atoms with Crippen molar-refractivity contribution < 1.29 is 26.2 Å². The summed E-state index contributed by atoms with van der Waals surface area (Å²) in [6.45, 7) is 15.4. The topological polar surface area (TPSA) is 49.2 Å². The smallest absolute Gasteiger partial charge is 0.140 e. The van der Waals surface area contributed by atoms with E-state index in [1.165, 1.54) is 38.9 Å². The molecule has 0 bridgehead atoms. The van der Waals surface area contributed by atoms with Crippen molar-refractivity contribution in [2.45, 2.75) is 59.8 Å². The van der Waals surface area contributed by atoms with Gasteiger partial charge < -0.3 is 10.0 Å². The number of para-hydroxylation sites is 1. The Kier molecular flexibility index (Phi) is 8.15. The van der Waals surface area contributed by atoms with Gasteiger partial charge in [0.1, 0.15) is 17.1 Å². The molecule has 1 aliphatic heterocycles.